The number of carbonyl (C=O) groups is 1. The zero-order chi connectivity index (χ0) is 25.5. The molecule has 1 aliphatic rings. The van der Waals surface area contributed by atoms with Crippen LogP contribution in [0.25, 0.3) is 0 Å². The Hall–Kier alpha value is -2.63. The summed E-state index contributed by atoms with van der Waals surface area (Å²) >= 11 is 7.39. The fourth-order valence-electron chi connectivity index (χ4n) is 2.83. The van der Waals surface area contributed by atoms with Crippen LogP contribution in [0.15, 0.2) is 88.3 Å². The van der Waals surface area contributed by atoms with E-state index in [0.717, 1.165) is 23.4 Å². The highest BCUT2D eigenvalue weighted by molar-refractivity contribution is 8.02. The lowest BCUT2D eigenvalue weighted by Crippen LogP contribution is -2.25. The maximum absolute atomic E-state index is 14.3. The van der Waals surface area contributed by atoms with E-state index < -0.39 is 0 Å². The van der Waals surface area contributed by atoms with Crippen LogP contribution in [-0.4, -0.2) is 30.1 Å². The Kier molecular flexibility index (Phi) is 13.9. The van der Waals surface area contributed by atoms with Crippen LogP contribution in [0.2, 0.25) is 5.02 Å². The van der Waals surface area contributed by atoms with E-state index in [1.807, 2.05) is 76.6 Å². The zero-order valence-electron chi connectivity index (χ0n) is 20.6. The summed E-state index contributed by atoms with van der Waals surface area (Å²) in [4.78, 5) is 18.5. The van der Waals surface area contributed by atoms with Crippen LogP contribution in [-0.2, 0) is 4.79 Å². The molecule has 2 aromatic carbocycles. The van der Waals surface area contributed by atoms with Crippen molar-refractivity contribution in [2.24, 2.45) is 4.99 Å². The minimum Gasteiger partial charge on any atom is -0.346 e. The molecule has 0 atom stereocenters. The van der Waals surface area contributed by atoms with Gasteiger partial charge in [0.2, 0.25) is 5.91 Å². The molecule has 0 radical (unpaired) electrons. The third kappa shape index (κ3) is 8.96. The van der Waals surface area contributed by atoms with Gasteiger partial charge in [-0.1, -0.05) is 74.1 Å². The third-order valence-corrected chi connectivity index (χ3v) is 5.95. The number of allylic oxidation sites excluding steroid dienone is 3. The standard InChI is InChI=1S/C17H11ClFNS.C9H17NO.C2H6/c1-2-12-10-21-16-6-4-3-5-14(16)17(20-12)13-8-7-11(18)9-15(13)19;1-4-6-7-8-9(11)10(3)5-2;1-2/h2-10H,1H2;4,6H,5,7-8H2,1-3H3;1-2H3/b;6-4-;. The smallest absolute Gasteiger partial charge is 0.222 e. The number of thioether (sulfide) groups is 1. The van der Waals surface area contributed by atoms with Gasteiger partial charge in [0.25, 0.3) is 0 Å². The Morgan fingerprint density at radius 3 is 2.53 bits per heavy atom. The quantitative estimate of drug-likeness (QED) is 0.373. The summed E-state index contributed by atoms with van der Waals surface area (Å²) in [6.07, 6.45) is 7.14. The van der Waals surface area contributed by atoms with Gasteiger partial charge in [-0.05, 0) is 50.6 Å². The summed E-state index contributed by atoms with van der Waals surface area (Å²) in [6, 6.07) is 12.4. The van der Waals surface area contributed by atoms with E-state index in [1.165, 1.54) is 6.07 Å². The van der Waals surface area contributed by atoms with E-state index in [2.05, 4.69) is 11.6 Å². The second kappa shape index (κ2) is 16.1. The van der Waals surface area contributed by atoms with E-state index >= 15 is 0 Å². The van der Waals surface area contributed by atoms with Crippen LogP contribution in [0, 0.1) is 5.82 Å². The lowest BCUT2D eigenvalue weighted by atomic mass is 10.0. The summed E-state index contributed by atoms with van der Waals surface area (Å²) in [6.45, 7) is 12.5. The molecule has 0 aromatic heterocycles. The summed E-state index contributed by atoms with van der Waals surface area (Å²) in [5, 5.41) is 2.28. The molecule has 1 amide bonds. The molecule has 3 nitrogen and oxygen atoms in total. The lowest BCUT2D eigenvalue weighted by Gasteiger charge is -2.12. The minimum atomic E-state index is -0.383. The normalized spacial score (nSPS) is 12.1. The molecule has 182 valence electrons. The maximum atomic E-state index is 14.3. The molecule has 1 heterocycles. The van der Waals surface area contributed by atoms with E-state index in [4.69, 9.17) is 11.6 Å². The highest BCUT2D eigenvalue weighted by Crippen LogP contribution is 2.32. The molecule has 0 N–H and O–H groups in total. The first-order valence-electron chi connectivity index (χ1n) is 11.4. The fraction of sp³-hybridized carbons (Fsp3) is 0.286. The molecule has 6 heteroatoms. The van der Waals surface area contributed by atoms with E-state index in [1.54, 1.807) is 34.9 Å². The first-order valence-corrected chi connectivity index (χ1v) is 12.6. The molecule has 3 rings (SSSR count). The SMILES string of the molecule is C/C=C\CCC(=O)N(C)CC.C=CC1=CSc2ccccc2C(c2ccc(Cl)cc2F)=N1.CC. The molecule has 0 aliphatic carbocycles. The number of halogens is 2. The van der Waals surface area contributed by atoms with Crippen molar-refractivity contribution in [2.45, 2.75) is 45.4 Å². The second-order valence-corrected chi connectivity index (χ2v) is 8.31. The van der Waals surface area contributed by atoms with Crippen LogP contribution in [0.1, 0.15) is 51.7 Å². The fourth-order valence-corrected chi connectivity index (χ4v) is 3.83. The predicted molar refractivity (Wildman–Crippen MR) is 146 cm³/mol. The molecular formula is C28H34ClFN2OS. The van der Waals surface area contributed by atoms with Gasteiger partial charge in [-0.15, -0.1) is 0 Å². The second-order valence-electron chi connectivity index (χ2n) is 6.96. The molecule has 0 fully saturated rings. The van der Waals surface area contributed by atoms with E-state index in [9.17, 15) is 9.18 Å². The Labute approximate surface area is 213 Å². The van der Waals surface area contributed by atoms with Crippen LogP contribution in [0.3, 0.4) is 0 Å². The van der Waals surface area contributed by atoms with Crippen LogP contribution in [0.4, 0.5) is 4.39 Å². The predicted octanol–water partition coefficient (Wildman–Crippen LogP) is 8.30. The highest BCUT2D eigenvalue weighted by atomic mass is 35.5. The Bertz CT molecular complexity index is 1050. The van der Waals surface area contributed by atoms with Gasteiger partial charge in [0, 0.05) is 46.5 Å². The van der Waals surface area contributed by atoms with Crippen molar-refractivity contribution < 1.29 is 9.18 Å². The van der Waals surface area contributed by atoms with Crippen LogP contribution >= 0.6 is 23.4 Å². The largest absolute Gasteiger partial charge is 0.346 e. The van der Waals surface area contributed by atoms with Gasteiger partial charge in [0.05, 0.1) is 11.4 Å². The number of nitrogens with zero attached hydrogens (tertiary/aromatic N) is 2. The molecule has 0 unspecified atom stereocenters. The van der Waals surface area contributed by atoms with Crippen molar-refractivity contribution in [3.63, 3.8) is 0 Å². The topological polar surface area (TPSA) is 32.7 Å². The van der Waals surface area contributed by atoms with Crippen molar-refractivity contribution in [2.75, 3.05) is 13.6 Å². The van der Waals surface area contributed by atoms with E-state index in [0.29, 0.717) is 28.4 Å². The van der Waals surface area contributed by atoms with E-state index in [-0.39, 0.29) is 11.7 Å². The Morgan fingerprint density at radius 2 is 1.91 bits per heavy atom. The number of hydrogen-bond donors (Lipinski definition) is 0. The van der Waals surface area contributed by atoms with Gasteiger partial charge in [-0.2, -0.15) is 0 Å². The van der Waals surface area contributed by atoms with Gasteiger partial charge >= 0.3 is 0 Å². The lowest BCUT2D eigenvalue weighted by molar-refractivity contribution is -0.129. The number of fused-ring (bicyclic) bond motifs is 1. The number of aliphatic imine (C=N–C) groups is 1. The number of amides is 1. The Balaban J connectivity index is 0.000000380. The van der Waals surface area contributed by atoms with Crippen molar-refractivity contribution in [1.82, 2.24) is 4.90 Å². The average Bonchev–Trinajstić information content (AvgIpc) is 3.05. The van der Waals surface area contributed by atoms with Crippen molar-refractivity contribution >= 4 is 35.0 Å². The van der Waals surface area contributed by atoms with Gasteiger partial charge in [0.15, 0.2) is 0 Å². The van der Waals surface area contributed by atoms with Gasteiger partial charge in [-0.25, -0.2) is 9.38 Å². The monoisotopic (exact) mass is 500 g/mol. The highest BCUT2D eigenvalue weighted by Gasteiger charge is 2.18. The number of benzene rings is 2. The summed E-state index contributed by atoms with van der Waals surface area (Å²) in [7, 11) is 1.83. The van der Waals surface area contributed by atoms with Crippen molar-refractivity contribution in [3.05, 3.63) is 100 Å². The summed E-state index contributed by atoms with van der Waals surface area (Å²) < 4.78 is 14.3. The number of hydrogen-bond acceptors (Lipinski definition) is 3. The molecular weight excluding hydrogens is 467 g/mol. The van der Waals surface area contributed by atoms with Gasteiger partial charge < -0.3 is 4.90 Å². The first kappa shape index (κ1) is 29.4. The molecule has 0 spiro atoms. The number of carbonyl (C=O) groups excluding carboxylic acids is 1. The molecule has 0 saturated heterocycles. The van der Waals surface area contributed by atoms with Crippen molar-refractivity contribution in [3.8, 4) is 0 Å². The molecule has 0 bridgehead atoms. The molecule has 34 heavy (non-hydrogen) atoms. The first-order chi connectivity index (χ1) is 16.4. The van der Waals surface area contributed by atoms with Gasteiger partial charge in [-0.3, -0.25) is 4.79 Å². The third-order valence-electron chi connectivity index (χ3n) is 4.75. The molecule has 0 saturated carbocycles. The maximum Gasteiger partial charge on any atom is 0.222 e. The summed E-state index contributed by atoms with van der Waals surface area (Å²) in [5.41, 5.74) is 2.63. The van der Waals surface area contributed by atoms with Gasteiger partial charge in [0.1, 0.15) is 5.82 Å². The molecule has 1 aliphatic heterocycles. The summed E-state index contributed by atoms with van der Waals surface area (Å²) in [5.74, 6) is -0.156. The van der Waals surface area contributed by atoms with Crippen LogP contribution < -0.4 is 0 Å². The Morgan fingerprint density at radius 1 is 1.21 bits per heavy atom. The number of rotatable bonds is 6. The van der Waals surface area contributed by atoms with Crippen LogP contribution in [0.5, 0.6) is 0 Å². The zero-order valence-corrected chi connectivity index (χ0v) is 22.2. The average molecular weight is 501 g/mol. The van der Waals surface area contributed by atoms with Crippen molar-refractivity contribution in [1.29, 1.82) is 0 Å². The minimum absolute atomic E-state index is 0.227. The molecule has 2 aromatic rings.